The molecular weight excluding hydrogens is 255 g/mol. The van der Waals surface area contributed by atoms with E-state index in [0.717, 1.165) is 19.3 Å². The molecule has 1 amide bonds. The van der Waals surface area contributed by atoms with Crippen molar-refractivity contribution in [2.24, 2.45) is 5.73 Å². The molecule has 0 spiro atoms. The van der Waals surface area contributed by atoms with Gasteiger partial charge in [-0.3, -0.25) is 4.79 Å². The van der Waals surface area contributed by atoms with Crippen LogP contribution in [0.5, 0.6) is 0 Å². The van der Waals surface area contributed by atoms with Gasteiger partial charge in [0, 0.05) is 19.2 Å². The van der Waals surface area contributed by atoms with E-state index in [1.807, 2.05) is 0 Å². The Bertz CT molecular complexity index is 517. The second-order valence-corrected chi connectivity index (χ2v) is 4.63. The number of nitrogens with two attached hydrogens (primary N) is 1. The topological polar surface area (TPSA) is 46.3 Å². The number of nitrogens with zero attached hydrogens (tertiary/aromatic N) is 1. The van der Waals surface area contributed by atoms with Crippen LogP contribution < -0.4 is 5.73 Å². The van der Waals surface area contributed by atoms with Crippen LogP contribution in [0.4, 0.5) is 4.39 Å². The van der Waals surface area contributed by atoms with Gasteiger partial charge in [0.2, 0.25) is 0 Å². The zero-order valence-corrected chi connectivity index (χ0v) is 12.1. The molecule has 4 heteroatoms. The second kappa shape index (κ2) is 8.34. The van der Waals surface area contributed by atoms with Crippen molar-refractivity contribution in [3.05, 3.63) is 35.1 Å². The molecule has 0 aliphatic rings. The number of hydrogen-bond acceptors (Lipinski definition) is 2. The fraction of sp³-hybridized carbons (Fsp3) is 0.438. The number of benzene rings is 1. The van der Waals surface area contributed by atoms with Crippen LogP contribution in [0.3, 0.4) is 0 Å². The third kappa shape index (κ3) is 4.67. The van der Waals surface area contributed by atoms with Crippen LogP contribution in [0.2, 0.25) is 0 Å². The molecule has 2 N–H and O–H groups in total. The summed E-state index contributed by atoms with van der Waals surface area (Å²) >= 11 is 0. The molecule has 108 valence electrons. The first-order valence-electron chi connectivity index (χ1n) is 6.84. The van der Waals surface area contributed by atoms with Gasteiger partial charge in [0.05, 0.1) is 12.1 Å². The van der Waals surface area contributed by atoms with Gasteiger partial charge in [0.25, 0.3) is 5.91 Å². The van der Waals surface area contributed by atoms with E-state index in [-0.39, 0.29) is 18.0 Å². The monoisotopic (exact) mass is 276 g/mol. The molecule has 0 aromatic heterocycles. The molecule has 0 fully saturated rings. The van der Waals surface area contributed by atoms with Crippen molar-refractivity contribution < 1.29 is 9.18 Å². The van der Waals surface area contributed by atoms with Crippen molar-refractivity contribution in [3.63, 3.8) is 0 Å². The van der Waals surface area contributed by atoms with Crippen LogP contribution >= 0.6 is 0 Å². The van der Waals surface area contributed by atoms with Crippen LogP contribution in [0.1, 0.15) is 42.1 Å². The average molecular weight is 276 g/mol. The van der Waals surface area contributed by atoms with Crippen molar-refractivity contribution >= 4 is 5.91 Å². The van der Waals surface area contributed by atoms with Gasteiger partial charge in [0.15, 0.2) is 0 Å². The third-order valence-electron chi connectivity index (χ3n) is 2.98. The zero-order chi connectivity index (χ0) is 15.0. The maximum atomic E-state index is 13.8. The van der Waals surface area contributed by atoms with Gasteiger partial charge < -0.3 is 10.6 Å². The Morgan fingerprint density at radius 2 is 2.15 bits per heavy atom. The summed E-state index contributed by atoms with van der Waals surface area (Å²) in [4.78, 5) is 13.7. The fourth-order valence-electron chi connectivity index (χ4n) is 1.83. The smallest absolute Gasteiger partial charge is 0.256 e. The van der Waals surface area contributed by atoms with Crippen LogP contribution in [0.15, 0.2) is 18.2 Å². The largest absolute Gasteiger partial charge is 0.342 e. The van der Waals surface area contributed by atoms with E-state index in [9.17, 15) is 9.18 Å². The lowest BCUT2D eigenvalue weighted by molar-refractivity contribution is 0.0788. The lowest BCUT2D eigenvalue weighted by Gasteiger charge is -2.17. The van der Waals surface area contributed by atoms with Gasteiger partial charge in [-0.1, -0.05) is 31.6 Å². The van der Waals surface area contributed by atoms with Gasteiger partial charge in [-0.05, 0) is 24.6 Å². The molecule has 0 saturated heterocycles. The molecule has 0 unspecified atom stereocenters. The predicted octanol–water partition coefficient (Wildman–Crippen LogP) is 2.40. The summed E-state index contributed by atoms with van der Waals surface area (Å²) in [7, 11) is 1.69. The molecular formula is C16H21FN2O. The van der Waals surface area contributed by atoms with Crippen LogP contribution in [-0.4, -0.2) is 30.9 Å². The Hall–Kier alpha value is -1.86. The Morgan fingerprint density at radius 3 is 2.80 bits per heavy atom. The summed E-state index contributed by atoms with van der Waals surface area (Å²) in [6, 6.07) is 4.30. The van der Waals surface area contributed by atoms with Crippen molar-refractivity contribution in [1.29, 1.82) is 0 Å². The molecule has 20 heavy (non-hydrogen) atoms. The quantitative estimate of drug-likeness (QED) is 0.663. The van der Waals surface area contributed by atoms with Gasteiger partial charge in [-0.25, -0.2) is 4.39 Å². The molecule has 0 saturated carbocycles. The zero-order valence-electron chi connectivity index (χ0n) is 12.1. The standard InChI is InChI=1S/C16H21FN2O/c1-3-4-5-11-19(2)16(20)14-12-13(7-6-10-18)8-9-15(14)17/h8-9,12H,3-5,10-11,18H2,1-2H3. The van der Waals surface area contributed by atoms with Crippen LogP contribution in [-0.2, 0) is 0 Å². The summed E-state index contributed by atoms with van der Waals surface area (Å²) in [5.41, 5.74) is 5.96. The highest BCUT2D eigenvalue weighted by Gasteiger charge is 2.16. The van der Waals surface area contributed by atoms with Gasteiger partial charge in [0.1, 0.15) is 5.82 Å². The van der Waals surface area contributed by atoms with Crippen molar-refractivity contribution in [1.82, 2.24) is 4.90 Å². The highest BCUT2D eigenvalue weighted by Crippen LogP contribution is 2.13. The highest BCUT2D eigenvalue weighted by atomic mass is 19.1. The lowest BCUT2D eigenvalue weighted by atomic mass is 10.1. The molecule has 0 atom stereocenters. The van der Waals surface area contributed by atoms with Gasteiger partial charge in [-0.2, -0.15) is 0 Å². The van der Waals surface area contributed by atoms with Gasteiger partial charge >= 0.3 is 0 Å². The summed E-state index contributed by atoms with van der Waals surface area (Å²) in [5, 5.41) is 0. The Labute approximate surface area is 120 Å². The second-order valence-electron chi connectivity index (χ2n) is 4.63. The molecule has 0 bridgehead atoms. The number of halogens is 1. The van der Waals surface area contributed by atoms with Crippen molar-refractivity contribution in [3.8, 4) is 11.8 Å². The highest BCUT2D eigenvalue weighted by molar-refractivity contribution is 5.94. The molecule has 0 heterocycles. The first kappa shape index (κ1) is 16.2. The Balaban J connectivity index is 2.85. The van der Waals surface area contributed by atoms with Crippen LogP contribution in [0.25, 0.3) is 0 Å². The summed E-state index contributed by atoms with van der Waals surface area (Å²) < 4.78 is 13.8. The predicted molar refractivity (Wildman–Crippen MR) is 78.8 cm³/mol. The molecule has 0 aliphatic heterocycles. The van der Waals surface area contributed by atoms with E-state index in [2.05, 4.69) is 18.8 Å². The molecule has 1 aromatic rings. The molecule has 0 aliphatic carbocycles. The minimum atomic E-state index is -0.518. The molecule has 0 radical (unpaired) electrons. The number of unbranched alkanes of at least 4 members (excludes halogenated alkanes) is 2. The number of carbonyl (C=O) groups excluding carboxylic acids is 1. The first-order valence-corrected chi connectivity index (χ1v) is 6.84. The van der Waals surface area contributed by atoms with E-state index < -0.39 is 5.82 Å². The molecule has 1 aromatic carbocycles. The Kier molecular flexibility index (Phi) is 6.75. The number of rotatable bonds is 5. The SMILES string of the molecule is CCCCCN(C)C(=O)c1cc(C#CCN)ccc1F. The third-order valence-corrected chi connectivity index (χ3v) is 2.98. The maximum Gasteiger partial charge on any atom is 0.256 e. The van der Waals surface area contributed by atoms with E-state index in [1.54, 1.807) is 18.0 Å². The molecule has 3 nitrogen and oxygen atoms in total. The van der Waals surface area contributed by atoms with E-state index in [0.29, 0.717) is 12.1 Å². The van der Waals surface area contributed by atoms with E-state index >= 15 is 0 Å². The van der Waals surface area contributed by atoms with Crippen LogP contribution in [0, 0.1) is 17.7 Å². The number of hydrogen-bond donors (Lipinski definition) is 1. The lowest BCUT2D eigenvalue weighted by Crippen LogP contribution is -2.28. The fourth-order valence-corrected chi connectivity index (χ4v) is 1.83. The van der Waals surface area contributed by atoms with Gasteiger partial charge in [-0.15, -0.1) is 0 Å². The maximum absolute atomic E-state index is 13.8. The van der Waals surface area contributed by atoms with E-state index in [1.165, 1.54) is 12.1 Å². The average Bonchev–Trinajstić information content (AvgIpc) is 2.45. The minimum Gasteiger partial charge on any atom is -0.342 e. The normalized spacial score (nSPS) is 9.80. The number of amides is 1. The summed E-state index contributed by atoms with van der Waals surface area (Å²) in [6.07, 6.45) is 3.07. The summed E-state index contributed by atoms with van der Waals surface area (Å²) in [6.45, 7) is 2.96. The minimum absolute atomic E-state index is 0.0628. The van der Waals surface area contributed by atoms with Crippen molar-refractivity contribution in [2.75, 3.05) is 20.1 Å². The van der Waals surface area contributed by atoms with Crippen molar-refractivity contribution in [2.45, 2.75) is 26.2 Å². The summed E-state index contributed by atoms with van der Waals surface area (Å²) in [5.74, 6) is 4.67. The van der Waals surface area contributed by atoms with E-state index in [4.69, 9.17) is 5.73 Å². The number of carbonyl (C=O) groups is 1. The molecule has 1 rings (SSSR count). The first-order chi connectivity index (χ1) is 9.60. The Morgan fingerprint density at radius 1 is 1.40 bits per heavy atom.